The van der Waals surface area contributed by atoms with E-state index in [9.17, 15) is 4.79 Å². The molecule has 1 aliphatic rings. The predicted molar refractivity (Wildman–Crippen MR) is 126 cm³/mol. The molecule has 3 unspecified atom stereocenters. The quantitative estimate of drug-likeness (QED) is 0.469. The minimum atomic E-state index is -0.466. The maximum absolute atomic E-state index is 12.9. The summed E-state index contributed by atoms with van der Waals surface area (Å²) in [5, 5.41) is 4.54. The van der Waals surface area contributed by atoms with Gasteiger partial charge in [0.2, 0.25) is 0 Å². The summed E-state index contributed by atoms with van der Waals surface area (Å²) in [7, 11) is 0. The van der Waals surface area contributed by atoms with Crippen LogP contribution in [0.5, 0.6) is 5.75 Å². The monoisotopic (exact) mass is 453 g/mol. The number of nitrogens with one attached hydrogen (secondary N) is 1. The highest BCUT2D eigenvalue weighted by Gasteiger charge is 2.28. The van der Waals surface area contributed by atoms with E-state index in [2.05, 4.69) is 12.2 Å². The molecule has 3 aromatic carbocycles. The Morgan fingerprint density at radius 1 is 0.968 bits per heavy atom. The molecule has 3 nitrogen and oxygen atoms in total. The second-order valence-electron chi connectivity index (χ2n) is 8.00. The van der Waals surface area contributed by atoms with E-state index in [1.807, 2.05) is 72.8 Å². The average Bonchev–Trinajstić information content (AvgIpc) is 2.80. The van der Waals surface area contributed by atoms with Crippen LogP contribution in [0.2, 0.25) is 10.0 Å². The number of hydrogen-bond acceptors (Lipinski definition) is 2. The van der Waals surface area contributed by atoms with Gasteiger partial charge in [-0.2, -0.15) is 0 Å². The lowest BCUT2D eigenvalue weighted by Gasteiger charge is -2.28. The van der Waals surface area contributed by atoms with Crippen molar-refractivity contribution in [2.45, 2.75) is 37.7 Å². The van der Waals surface area contributed by atoms with Crippen molar-refractivity contribution in [2.75, 3.05) is 6.54 Å². The van der Waals surface area contributed by atoms with Gasteiger partial charge in [0.15, 0.2) is 6.10 Å². The molecule has 0 aromatic heterocycles. The minimum Gasteiger partial charge on any atom is -0.480 e. The van der Waals surface area contributed by atoms with Crippen molar-refractivity contribution in [1.82, 2.24) is 5.32 Å². The number of fused-ring (bicyclic) bond motifs is 1. The van der Waals surface area contributed by atoms with Gasteiger partial charge in [0.25, 0.3) is 5.91 Å². The molecule has 0 saturated heterocycles. The van der Waals surface area contributed by atoms with Crippen LogP contribution in [0.1, 0.15) is 41.9 Å². The van der Waals surface area contributed by atoms with Crippen molar-refractivity contribution in [3.05, 3.63) is 99.5 Å². The summed E-state index contributed by atoms with van der Waals surface area (Å²) in [6, 6.07) is 23.6. The van der Waals surface area contributed by atoms with Crippen LogP contribution in [0.15, 0.2) is 72.8 Å². The number of ether oxygens (including phenoxy) is 1. The molecule has 3 aromatic rings. The summed E-state index contributed by atoms with van der Waals surface area (Å²) in [5.41, 5.74) is 3.45. The predicted octanol–water partition coefficient (Wildman–Crippen LogP) is 6.39. The van der Waals surface area contributed by atoms with Crippen LogP contribution in [-0.2, 0) is 11.2 Å². The molecule has 0 radical (unpaired) electrons. The molecule has 160 valence electrons. The highest BCUT2D eigenvalue weighted by molar-refractivity contribution is 6.30. The summed E-state index contributed by atoms with van der Waals surface area (Å²) in [4.78, 5) is 12.9. The summed E-state index contributed by atoms with van der Waals surface area (Å²) < 4.78 is 5.96. The van der Waals surface area contributed by atoms with Crippen molar-refractivity contribution in [2.24, 2.45) is 0 Å². The number of carbonyl (C=O) groups is 1. The average molecular weight is 454 g/mol. The van der Waals surface area contributed by atoms with E-state index in [0.29, 0.717) is 23.0 Å². The van der Waals surface area contributed by atoms with Gasteiger partial charge in [0.05, 0.1) is 0 Å². The highest BCUT2D eigenvalue weighted by Crippen LogP contribution is 2.34. The van der Waals surface area contributed by atoms with Crippen LogP contribution in [0.3, 0.4) is 0 Å². The van der Waals surface area contributed by atoms with E-state index in [0.717, 1.165) is 23.3 Å². The third-order valence-electron chi connectivity index (χ3n) is 6.00. The molecule has 3 atom stereocenters. The van der Waals surface area contributed by atoms with E-state index in [1.165, 1.54) is 5.56 Å². The zero-order valence-corrected chi connectivity index (χ0v) is 18.9. The molecule has 1 N–H and O–H groups in total. The standard InChI is InChI=1S/C26H25Cl2NO2/c1-17(18-6-11-21(27)12-7-18)23(19-8-13-22(28)14-9-19)16-29-26(30)25-15-10-20-4-2-3-5-24(20)31-25/h2-9,11-14,17,23,25H,10,15-16H2,1H3,(H,29,30). The van der Waals surface area contributed by atoms with Gasteiger partial charge in [0, 0.05) is 22.5 Å². The molecule has 1 aliphatic heterocycles. The van der Waals surface area contributed by atoms with Gasteiger partial charge < -0.3 is 10.1 Å². The molecule has 0 bridgehead atoms. The van der Waals surface area contributed by atoms with Crippen molar-refractivity contribution in [1.29, 1.82) is 0 Å². The van der Waals surface area contributed by atoms with E-state index in [-0.39, 0.29) is 17.7 Å². The Balaban J connectivity index is 1.49. The van der Waals surface area contributed by atoms with Crippen LogP contribution in [0.4, 0.5) is 0 Å². The van der Waals surface area contributed by atoms with Gasteiger partial charge in [0.1, 0.15) is 5.75 Å². The van der Waals surface area contributed by atoms with Gasteiger partial charge in [-0.1, -0.05) is 72.6 Å². The molecular formula is C26H25Cl2NO2. The second kappa shape index (κ2) is 9.76. The molecular weight excluding hydrogens is 429 g/mol. The van der Waals surface area contributed by atoms with Crippen LogP contribution in [-0.4, -0.2) is 18.6 Å². The molecule has 0 aliphatic carbocycles. The Bertz CT molecular complexity index is 1030. The number of para-hydroxylation sites is 1. The Morgan fingerprint density at radius 2 is 1.58 bits per heavy atom. The fourth-order valence-corrected chi connectivity index (χ4v) is 4.38. The molecule has 0 fully saturated rings. The van der Waals surface area contributed by atoms with Gasteiger partial charge >= 0.3 is 0 Å². The first-order chi connectivity index (χ1) is 15.0. The lowest BCUT2D eigenvalue weighted by atomic mass is 9.82. The summed E-state index contributed by atoms with van der Waals surface area (Å²) >= 11 is 12.2. The molecule has 1 amide bonds. The number of benzene rings is 3. The molecule has 4 rings (SSSR count). The number of rotatable bonds is 6. The number of carbonyl (C=O) groups excluding carboxylic acids is 1. The number of amides is 1. The van der Waals surface area contributed by atoms with Crippen molar-refractivity contribution < 1.29 is 9.53 Å². The van der Waals surface area contributed by atoms with Crippen LogP contribution in [0, 0.1) is 0 Å². The van der Waals surface area contributed by atoms with Crippen molar-refractivity contribution >= 4 is 29.1 Å². The van der Waals surface area contributed by atoms with Gasteiger partial charge in [-0.3, -0.25) is 4.79 Å². The third kappa shape index (κ3) is 5.23. The van der Waals surface area contributed by atoms with Gasteiger partial charge in [-0.15, -0.1) is 0 Å². The smallest absolute Gasteiger partial charge is 0.261 e. The Labute approximate surface area is 193 Å². The first-order valence-corrected chi connectivity index (χ1v) is 11.3. The Kier molecular flexibility index (Phi) is 6.84. The zero-order valence-electron chi connectivity index (χ0n) is 17.4. The Morgan fingerprint density at radius 3 is 2.26 bits per heavy atom. The summed E-state index contributed by atoms with van der Waals surface area (Å²) in [6.07, 6.45) is 1.06. The van der Waals surface area contributed by atoms with E-state index in [4.69, 9.17) is 27.9 Å². The first kappa shape index (κ1) is 21.7. The largest absolute Gasteiger partial charge is 0.480 e. The van der Waals surface area contributed by atoms with E-state index in [1.54, 1.807) is 0 Å². The lowest BCUT2D eigenvalue weighted by Crippen LogP contribution is -2.42. The van der Waals surface area contributed by atoms with Crippen LogP contribution >= 0.6 is 23.2 Å². The third-order valence-corrected chi connectivity index (χ3v) is 6.51. The molecule has 31 heavy (non-hydrogen) atoms. The van der Waals surface area contributed by atoms with Crippen molar-refractivity contribution in [3.8, 4) is 5.75 Å². The zero-order chi connectivity index (χ0) is 21.8. The summed E-state index contributed by atoms with van der Waals surface area (Å²) in [6.45, 7) is 2.67. The molecule has 0 saturated carbocycles. The number of hydrogen-bond donors (Lipinski definition) is 1. The normalized spacial score (nSPS) is 17.2. The fraction of sp³-hybridized carbons (Fsp3) is 0.269. The lowest BCUT2D eigenvalue weighted by molar-refractivity contribution is -0.128. The highest BCUT2D eigenvalue weighted by atomic mass is 35.5. The molecule has 5 heteroatoms. The number of aryl methyl sites for hydroxylation is 1. The maximum Gasteiger partial charge on any atom is 0.261 e. The van der Waals surface area contributed by atoms with Gasteiger partial charge in [-0.25, -0.2) is 0 Å². The van der Waals surface area contributed by atoms with Crippen molar-refractivity contribution in [3.63, 3.8) is 0 Å². The molecule has 0 spiro atoms. The second-order valence-corrected chi connectivity index (χ2v) is 8.87. The summed E-state index contributed by atoms with van der Waals surface area (Å²) in [5.74, 6) is 0.986. The van der Waals surface area contributed by atoms with Gasteiger partial charge in [-0.05, 0) is 65.8 Å². The van der Waals surface area contributed by atoms with E-state index < -0.39 is 6.10 Å². The molecule has 1 heterocycles. The maximum atomic E-state index is 12.9. The number of halogens is 2. The SMILES string of the molecule is CC(c1ccc(Cl)cc1)C(CNC(=O)C1CCc2ccccc2O1)c1ccc(Cl)cc1. The first-order valence-electron chi connectivity index (χ1n) is 10.5. The van der Waals surface area contributed by atoms with Crippen LogP contribution in [0.25, 0.3) is 0 Å². The topological polar surface area (TPSA) is 38.3 Å². The fourth-order valence-electron chi connectivity index (χ4n) is 4.13. The Hall–Kier alpha value is -2.49. The minimum absolute atomic E-state index is 0.0724. The van der Waals surface area contributed by atoms with E-state index >= 15 is 0 Å². The van der Waals surface area contributed by atoms with Crippen LogP contribution < -0.4 is 10.1 Å².